The topological polar surface area (TPSA) is 43.1 Å². The zero-order valence-corrected chi connectivity index (χ0v) is 10.8. The van der Waals surface area contributed by atoms with Crippen molar-refractivity contribution in [2.24, 2.45) is 5.73 Å². The van der Waals surface area contributed by atoms with Crippen molar-refractivity contribution < 1.29 is 4.79 Å². The standard InChI is InChI=1S/C12H10BrNO.ClH/c13-11-6-5-10(12(15)7-14)8-3-1-2-4-9(8)11;/h1-6H,7,14H2;1H. The number of Topliss-reactive ketones (excluding diaryl/α,β-unsaturated/α-hetero) is 1. The first-order valence-electron chi connectivity index (χ1n) is 4.64. The highest BCUT2D eigenvalue weighted by atomic mass is 79.9. The number of benzene rings is 2. The molecule has 0 aliphatic carbocycles. The fourth-order valence-electron chi connectivity index (χ4n) is 1.62. The molecule has 0 bridgehead atoms. The largest absolute Gasteiger partial charge is 0.324 e. The molecule has 84 valence electrons. The van der Waals surface area contributed by atoms with Crippen LogP contribution in [0.15, 0.2) is 40.9 Å². The highest BCUT2D eigenvalue weighted by Gasteiger charge is 2.09. The Hall–Kier alpha value is -0.900. The summed E-state index contributed by atoms with van der Waals surface area (Å²) in [6.07, 6.45) is 0. The highest BCUT2D eigenvalue weighted by Crippen LogP contribution is 2.26. The molecule has 0 aliphatic heterocycles. The third kappa shape index (κ3) is 2.26. The summed E-state index contributed by atoms with van der Waals surface area (Å²) in [6, 6.07) is 11.5. The Labute approximate surface area is 108 Å². The van der Waals surface area contributed by atoms with E-state index in [1.807, 2.05) is 36.4 Å². The normalized spacial score (nSPS) is 9.88. The van der Waals surface area contributed by atoms with E-state index >= 15 is 0 Å². The number of carbonyl (C=O) groups excluding carboxylic acids is 1. The van der Waals surface area contributed by atoms with Crippen molar-refractivity contribution in [3.63, 3.8) is 0 Å². The summed E-state index contributed by atoms with van der Waals surface area (Å²) in [5, 5.41) is 1.99. The van der Waals surface area contributed by atoms with Gasteiger partial charge in [-0.3, -0.25) is 4.79 Å². The lowest BCUT2D eigenvalue weighted by Gasteiger charge is -2.05. The maximum Gasteiger partial charge on any atom is 0.177 e. The smallest absolute Gasteiger partial charge is 0.177 e. The Kier molecular flexibility index (Phi) is 4.47. The number of carbonyl (C=O) groups is 1. The van der Waals surface area contributed by atoms with Gasteiger partial charge in [-0.15, -0.1) is 12.4 Å². The molecule has 2 aromatic rings. The monoisotopic (exact) mass is 299 g/mol. The fourth-order valence-corrected chi connectivity index (χ4v) is 2.09. The van der Waals surface area contributed by atoms with Crippen LogP contribution in [0.3, 0.4) is 0 Å². The number of hydrogen-bond donors (Lipinski definition) is 1. The van der Waals surface area contributed by atoms with Crippen LogP contribution >= 0.6 is 28.3 Å². The molecule has 4 heteroatoms. The predicted molar refractivity (Wildman–Crippen MR) is 72.3 cm³/mol. The molecule has 0 amide bonds. The van der Waals surface area contributed by atoms with Gasteiger partial charge in [-0.2, -0.15) is 0 Å². The van der Waals surface area contributed by atoms with Crippen LogP contribution in [0, 0.1) is 0 Å². The molecule has 0 heterocycles. The maximum absolute atomic E-state index is 11.6. The van der Waals surface area contributed by atoms with E-state index in [-0.39, 0.29) is 24.7 Å². The minimum atomic E-state index is -0.0290. The van der Waals surface area contributed by atoms with Crippen molar-refractivity contribution in [3.05, 3.63) is 46.4 Å². The molecule has 0 fully saturated rings. The molecule has 2 aromatic carbocycles. The Morgan fingerprint density at radius 1 is 1.12 bits per heavy atom. The van der Waals surface area contributed by atoms with Crippen LogP contribution in [0.4, 0.5) is 0 Å². The lowest BCUT2D eigenvalue weighted by molar-refractivity contribution is 0.100. The third-order valence-corrected chi connectivity index (χ3v) is 3.05. The van der Waals surface area contributed by atoms with Gasteiger partial charge in [-0.1, -0.05) is 40.2 Å². The average molecular weight is 301 g/mol. The van der Waals surface area contributed by atoms with Gasteiger partial charge < -0.3 is 5.73 Å². The SMILES string of the molecule is Cl.NCC(=O)c1ccc(Br)c2ccccc12. The highest BCUT2D eigenvalue weighted by molar-refractivity contribution is 9.10. The van der Waals surface area contributed by atoms with Gasteiger partial charge in [0.1, 0.15) is 0 Å². The Bertz CT molecular complexity index is 527. The van der Waals surface area contributed by atoms with E-state index in [1.165, 1.54) is 0 Å². The number of ketones is 1. The van der Waals surface area contributed by atoms with E-state index < -0.39 is 0 Å². The number of nitrogens with two attached hydrogens (primary N) is 1. The zero-order chi connectivity index (χ0) is 10.8. The minimum absolute atomic E-state index is 0. The number of halogens is 2. The molecule has 0 radical (unpaired) electrons. The van der Waals surface area contributed by atoms with Crippen LogP contribution in [0.5, 0.6) is 0 Å². The Morgan fingerprint density at radius 2 is 1.75 bits per heavy atom. The Balaban J connectivity index is 0.00000128. The van der Waals surface area contributed by atoms with E-state index in [9.17, 15) is 4.79 Å². The molecule has 0 aromatic heterocycles. The number of rotatable bonds is 2. The van der Waals surface area contributed by atoms with Crippen LogP contribution in [0.2, 0.25) is 0 Å². The molecule has 0 saturated carbocycles. The molecule has 0 aliphatic rings. The Morgan fingerprint density at radius 3 is 2.38 bits per heavy atom. The van der Waals surface area contributed by atoms with Gasteiger partial charge in [-0.25, -0.2) is 0 Å². The minimum Gasteiger partial charge on any atom is -0.324 e. The summed E-state index contributed by atoms with van der Waals surface area (Å²) >= 11 is 3.46. The van der Waals surface area contributed by atoms with Gasteiger partial charge in [0.15, 0.2) is 5.78 Å². The maximum atomic E-state index is 11.6. The van der Waals surface area contributed by atoms with E-state index in [0.717, 1.165) is 15.2 Å². The molecule has 2 N–H and O–H groups in total. The van der Waals surface area contributed by atoms with Gasteiger partial charge in [0.05, 0.1) is 6.54 Å². The van der Waals surface area contributed by atoms with Gasteiger partial charge in [-0.05, 0) is 22.9 Å². The van der Waals surface area contributed by atoms with Gasteiger partial charge in [0.25, 0.3) is 0 Å². The van der Waals surface area contributed by atoms with E-state index in [2.05, 4.69) is 15.9 Å². The van der Waals surface area contributed by atoms with Crippen molar-refractivity contribution in [2.75, 3.05) is 6.54 Å². The van der Waals surface area contributed by atoms with Crippen LogP contribution in [0.25, 0.3) is 10.8 Å². The molecule has 16 heavy (non-hydrogen) atoms. The van der Waals surface area contributed by atoms with E-state index in [4.69, 9.17) is 5.73 Å². The van der Waals surface area contributed by atoms with Crippen molar-refractivity contribution in [3.8, 4) is 0 Å². The van der Waals surface area contributed by atoms with Gasteiger partial charge >= 0.3 is 0 Å². The van der Waals surface area contributed by atoms with Crippen LogP contribution in [-0.4, -0.2) is 12.3 Å². The van der Waals surface area contributed by atoms with Crippen LogP contribution < -0.4 is 5.73 Å². The molecule has 0 saturated heterocycles. The first kappa shape index (κ1) is 13.2. The third-order valence-electron chi connectivity index (χ3n) is 2.36. The van der Waals surface area contributed by atoms with E-state index in [0.29, 0.717) is 5.56 Å². The molecule has 0 atom stereocenters. The summed E-state index contributed by atoms with van der Waals surface area (Å²) in [5.74, 6) is -0.0290. The predicted octanol–water partition coefficient (Wildman–Crippen LogP) is 3.17. The van der Waals surface area contributed by atoms with Gasteiger partial charge in [0.2, 0.25) is 0 Å². The van der Waals surface area contributed by atoms with Crippen molar-refractivity contribution in [2.45, 2.75) is 0 Å². The average Bonchev–Trinajstić information content (AvgIpc) is 2.29. The van der Waals surface area contributed by atoms with Crippen molar-refractivity contribution >= 4 is 44.9 Å². The molecule has 2 rings (SSSR count). The molecule has 2 nitrogen and oxygen atoms in total. The van der Waals surface area contributed by atoms with E-state index in [1.54, 1.807) is 0 Å². The second-order valence-corrected chi connectivity index (χ2v) is 4.12. The first-order chi connectivity index (χ1) is 7.24. The number of fused-ring (bicyclic) bond motifs is 1. The first-order valence-corrected chi connectivity index (χ1v) is 5.44. The molecular formula is C12H11BrClNO. The quantitative estimate of drug-likeness (QED) is 0.866. The summed E-state index contributed by atoms with van der Waals surface area (Å²) in [4.78, 5) is 11.6. The van der Waals surface area contributed by atoms with Gasteiger partial charge in [0, 0.05) is 10.0 Å². The summed E-state index contributed by atoms with van der Waals surface area (Å²) < 4.78 is 0.992. The molecule has 0 spiro atoms. The van der Waals surface area contributed by atoms with Crippen LogP contribution in [-0.2, 0) is 0 Å². The summed E-state index contributed by atoms with van der Waals surface area (Å²) in [7, 11) is 0. The van der Waals surface area contributed by atoms with Crippen LogP contribution in [0.1, 0.15) is 10.4 Å². The fraction of sp³-hybridized carbons (Fsp3) is 0.0833. The molecular weight excluding hydrogens is 289 g/mol. The lowest BCUT2D eigenvalue weighted by Crippen LogP contribution is -2.13. The lowest BCUT2D eigenvalue weighted by atomic mass is 10.0. The summed E-state index contributed by atoms with van der Waals surface area (Å²) in [6.45, 7) is 0.0472. The molecule has 0 unspecified atom stereocenters. The zero-order valence-electron chi connectivity index (χ0n) is 8.44. The van der Waals surface area contributed by atoms with Crippen molar-refractivity contribution in [1.29, 1.82) is 0 Å². The summed E-state index contributed by atoms with van der Waals surface area (Å²) in [5.41, 5.74) is 6.06. The number of hydrogen-bond acceptors (Lipinski definition) is 2. The second-order valence-electron chi connectivity index (χ2n) is 3.27. The second kappa shape index (κ2) is 5.43. The van der Waals surface area contributed by atoms with Crippen molar-refractivity contribution in [1.82, 2.24) is 0 Å².